The van der Waals surface area contributed by atoms with Crippen LogP contribution in [0.3, 0.4) is 0 Å². The van der Waals surface area contributed by atoms with Crippen LogP contribution in [0.15, 0.2) is 71.6 Å². The van der Waals surface area contributed by atoms with Crippen LogP contribution in [0.1, 0.15) is 31.4 Å². The van der Waals surface area contributed by atoms with E-state index < -0.39 is 28.5 Å². The number of anilines is 1. The maximum atomic E-state index is 14.0. The summed E-state index contributed by atoms with van der Waals surface area (Å²) in [7, 11) is -4.23. The lowest BCUT2D eigenvalue weighted by Gasteiger charge is -2.33. The van der Waals surface area contributed by atoms with E-state index in [-0.39, 0.29) is 34.5 Å². The number of amides is 2. The van der Waals surface area contributed by atoms with Crippen LogP contribution >= 0.6 is 34.8 Å². The maximum Gasteiger partial charge on any atom is 0.264 e. The van der Waals surface area contributed by atoms with Gasteiger partial charge in [-0.1, -0.05) is 77.6 Å². The SMILES string of the molecule is CCNC(=O)C(CC)N(Cc1c(Cl)cccc1Cl)C(=O)CN(c1ccccc1Cl)S(=O)(=O)c1ccc(C)cc1. The van der Waals surface area contributed by atoms with Gasteiger partial charge in [-0.15, -0.1) is 0 Å². The van der Waals surface area contributed by atoms with Crippen molar-refractivity contribution in [3.63, 3.8) is 0 Å². The third kappa shape index (κ3) is 7.25. The number of hydrogen-bond donors (Lipinski definition) is 1. The number of halogens is 3. The van der Waals surface area contributed by atoms with Gasteiger partial charge in [0, 0.05) is 28.7 Å². The summed E-state index contributed by atoms with van der Waals surface area (Å²) in [6.45, 7) is 5.03. The van der Waals surface area contributed by atoms with Crippen LogP contribution in [0.25, 0.3) is 0 Å². The number of carbonyl (C=O) groups is 2. The van der Waals surface area contributed by atoms with Crippen molar-refractivity contribution in [2.45, 2.75) is 44.7 Å². The van der Waals surface area contributed by atoms with Crippen LogP contribution < -0.4 is 9.62 Å². The fourth-order valence-electron chi connectivity index (χ4n) is 4.07. The number of para-hydroxylation sites is 1. The highest BCUT2D eigenvalue weighted by atomic mass is 35.5. The summed E-state index contributed by atoms with van der Waals surface area (Å²) in [5, 5.41) is 3.54. The van der Waals surface area contributed by atoms with Crippen molar-refractivity contribution in [1.82, 2.24) is 10.2 Å². The maximum absolute atomic E-state index is 14.0. The Kier molecular flexibility index (Phi) is 10.7. The second kappa shape index (κ2) is 13.5. The van der Waals surface area contributed by atoms with Crippen LogP contribution in [0.2, 0.25) is 15.1 Å². The number of aryl methyl sites for hydroxylation is 1. The van der Waals surface area contributed by atoms with Crippen LogP contribution in [0, 0.1) is 6.92 Å². The number of rotatable bonds is 11. The van der Waals surface area contributed by atoms with E-state index in [1.54, 1.807) is 62.4 Å². The Labute approximate surface area is 244 Å². The zero-order valence-corrected chi connectivity index (χ0v) is 24.9. The van der Waals surface area contributed by atoms with E-state index >= 15 is 0 Å². The molecule has 0 aliphatic heterocycles. The highest BCUT2D eigenvalue weighted by molar-refractivity contribution is 7.92. The van der Waals surface area contributed by atoms with Crippen LogP contribution in [-0.2, 0) is 26.2 Å². The number of likely N-dealkylation sites (N-methyl/N-ethyl adjacent to an activating group) is 1. The molecule has 3 aromatic carbocycles. The molecule has 11 heteroatoms. The number of carbonyl (C=O) groups excluding carboxylic acids is 2. The monoisotopic (exact) mass is 609 g/mol. The van der Waals surface area contributed by atoms with Crippen molar-refractivity contribution in [3.8, 4) is 0 Å². The van der Waals surface area contributed by atoms with Crippen molar-refractivity contribution in [1.29, 1.82) is 0 Å². The van der Waals surface area contributed by atoms with Crippen molar-refractivity contribution >= 4 is 62.3 Å². The van der Waals surface area contributed by atoms with Gasteiger partial charge < -0.3 is 10.2 Å². The van der Waals surface area contributed by atoms with Gasteiger partial charge in [0.1, 0.15) is 12.6 Å². The van der Waals surface area contributed by atoms with E-state index in [9.17, 15) is 18.0 Å². The van der Waals surface area contributed by atoms with Gasteiger partial charge in [0.15, 0.2) is 0 Å². The Balaban J connectivity index is 2.11. The lowest BCUT2D eigenvalue weighted by Crippen LogP contribution is -2.52. The van der Waals surface area contributed by atoms with Crippen LogP contribution in [0.5, 0.6) is 0 Å². The summed E-state index contributed by atoms with van der Waals surface area (Å²) in [5.41, 5.74) is 1.46. The molecule has 1 atom stereocenters. The third-order valence-corrected chi connectivity index (χ3v) is 8.94. The van der Waals surface area contributed by atoms with Gasteiger partial charge in [-0.05, 0) is 56.7 Å². The molecule has 0 bridgehead atoms. The molecule has 0 aromatic heterocycles. The van der Waals surface area contributed by atoms with Gasteiger partial charge in [0.05, 0.1) is 15.6 Å². The van der Waals surface area contributed by atoms with E-state index in [4.69, 9.17) is 34.8 Å². The molecule has 0 radical (unpaired) electrons. The van der Waals surface area contributed by atoms with Crippen LogP contribution in [0.4, 0.5) is 5.69 Å². The number of benzene rings is 3. The first kappa shape index (κ1) is 30.8. The van der Waals surface area contributed by atoms with E-state index in [1.807, 2.05) is 6.92 Å². The number of nitrogens with one attached hydrogen (secondary N) is 1. The van der Waals surface area contributed by atoms with Crippen molar-refractivity contribution in [2.24, 2.45) is 0 Å². The standard InChI is InChI=1S/C28H30Cl3N3O4S/c1-4-25(28(36)32-5-2)33(17-21-22(29)10-8-11-23(21)30)27(35)18-34(26-12-7-6-9-24(26)31)39(37,38)20-15-13-19(3)14-16-20/h6-16,25H,4-5,17-18H2,1-3H3,(H,32,36). The van der Waals surface area contributed by atoms with E-state index in [0.717, 1.165) is 9.87 Å². The zero-order valence-electron chi connectivity index (χ0n) is 21.8. The van der Waals surface area contributed by atoms with Gasteiger partial charge in [0.2, 0.25) is 11.8 Å². The van der Waals surface area contributed by atoms with E-state index in [0.29, 0.717) is 22.2 Å². The summed E-state index contributed by atoms with van der Waals surface area (Å²) in [4.78, 5) is 28.3. The largest absolute Gasteiger partial charge is 0.355 e. The molecule has 0 saturated carbocycles. The molecule has 0 aliphatic rings. The molecule has 0 fully saturated rings. The molecule has 2 amide bonds. The fourth-order valence-corrected chi connectivity index (χ4v) is 6.31. The van der Waals surface area contributed by atoms with Gasteiger partial charge in [0.25, 0.3) is 10.0 Å². The van der Waals surface area contributed by atoms with Gasteiger partial charge in [-0.25, -0.2) is 8.42 Å². The first-order valence-electron chi connectivity index (χ1n) is 12.3. The molecule has 0 heterocycles. The highest BCUT2D eigenvalue weighted by Gasteiger charge is 2.34. The van der Waals surface area contributed by atoms with Gasteiger partial charge in [-0.2, -0.15) is 0 Å². The Bertz CT molecular complexity index is 1410. The molecule has 0 spiro atoms. The van der Waals surface area contributed by atoms with Crippen molar-refractivity contribution in [3.05, 3.63) is 92.9 Å². The molecule has 208 valence electrons. The molecule has 0 saturated heterocycles. The number of hydrogen-bond acceptors (Lipinski definition) is 4. The lowest BCUT2D eigenvalue weighted by atomic mass is 10.1. The fraction of sp³-hybridized carbons (Fsp3) is 0.286. The quantitative estimate of drug-likeness (QED) is 0.285. The smallest absolute Gasteiger partial charge is 0.264 e. The highest BCUT2D eigenvalue weighted by Crippen LogP contribution is 2.32. The summed E-state index contributed by atoms with van der Waals surface area (Å²) in [6, 6.07) is 16.7. The third-order valence-electron chi connectivity index (χ3n) is 6.14. The Morgan fingerprint density at radius 1 is 0.872 bits per heavy atom. The van der Waals surface area contributed by atoms with Gasteiger partial charge in [-0.3, -0.25) is 13.9 Å². The Morgan fingerprint density at radius 2 is 1.46 bits per heavy atom. The predicted molar refractivity (Wildman–Crippen MR) is 157 cm³/mol. The topological polar surface area (TPSA) is 86.8 Å². The van der Waals surface area contributed by atoms with E-state index in [2.05, 4.69) is 5.32 Å². The normalized spacial score (nSPS) is 12.1. The Morgan fingerprint density at radius 3 is 2.03 bits per heavy atom. The molecule has 7 nitrogen and oxygen atoms in total. The summed E-state index contributed by atoms with van der Waals surface area (Å²) in [6.07, 6.45) is 0.274. The first-order chi connectivity index (χ1) is 18.5. The minimum atomic E-state index is -4.23. The first-order valence-corrected chi connectivity index (χ1v) is 14.9. The number of sulfonamides is 1. The minimum absolute atomic E-state index is 0.00251. The Hall–Kier alpha value is -2.78. The minimum Gasteiger partial charge on any atom is -0.355 e. The predicted octanol–water partition coefficient (Wildman–Crippen LogP) is 6.09. The molecular weight excluding hydrogens is 581 g/mol. The molecule has 1 N–H and O–H groups in total. The molecule has 1 unspecified atom stereocenters. The number of nitrogens with zero attached hydrogens (tertiary/aromatic N) is 2. The van der Waals surface area contributed by atoms with Gasteiger partial charge >= 0.3 is 0 Å². The second-order valence-electron chi connectivity index (χ2n) is 8.82. The van der Waals surface area contributed by atoms with Crippen LogP contribution in [-0.4, -0.2) is 44.3 Å². The summed E-state index contributed by atoms with van der Waals surface area (Å²) < 4.78 is 28.7. The molecular formula is C28H30Cl3N3O4S. The zero-order chi connectivity index (χ0) is 28.7. The average Bonchev–Trinajstić information content (AvgIpc) is 2.89. The van der Waals surface area contributed by atoms with E-state index in [1.165, 1.54) is 23.1 Å². The molecule has 3 aromatic rings. The summed E-state index contributed by atoms with van der Waals surface area (Å²) in [5.74, 6) is -0.998. The molecule has 39 heavy (non-hydrogen) atoms. The molecule has 3 rings (SSSR count). The second-order valence-corrected chi connectivity index (χ2v) is 11.9. The van der Waals surface area contributed by atoms with Crippen molar-refractivity contribution < 1.29 is 18.0 Å². The average molecular weight is 611 g/mol. The molecule has 0 aliphatic carbocycles. The lowest BCUT2D eigenvalue weighted by molar-refractivity contribution is -0.140. The van der Waals surface area contributed by atoms with Crippen molar-refractivity contribution in [2.75, 3.05) is 17.4 Å². The summed E-state index contributed by atoms with van der Waals surface area (Å²) >= 11 is 19.2.